The van der Waals surface area contributed by atoms with Crippen LogP contribution in [0.25, 0.3) is 0 Å². The number of carbonyl (C=O) groups is 1. The zero-order valence-electron chi connectivity index (χ0n) is 10.5. The number of carboxylic acids is 1. The fourth-order valence-electron chi connectivity index (χ4n) is 1.89. The number of benzene rings is 1. The smallest absolute Gasteiger partial charge is 0.416 e. The molecule has 106 valence electrons. The van der Waals surface area contributed by atoms with E-state index in [1.165, 1.54) is 6.07 Å². The lowest BCUT2D eigenvalue weighted by molar-refractivity contribution is -0.148. The minimum Gasteiger partial charge on any atom is -0.481 e. The Morgan fingerprint density at radius 1 is 1.26 bits per heavy atom. The van der Waals surface area contributed by atoms with Gasteiger partial charge in [0.2, 0.25) is 0 Å². The molecule has 1 aromatic carbocycles. The molecule has 0 aliphatic carbocycles. The summed E-state index contributed by atoms with van der Waals surface area (Å²) < 4.78 is 37.7. The molecular weight excluding hydrogens is 261 g/mol. The second-order valence-electron chi connectivity index (χ2n) is 4.68. The van der Waals surface area contributed by atoms with Crippen LogP contribution in [0.4, 0.5) is 13.2 Å². The second-order valence-corrected chi connectivity index (χ2v) is 4.68. The molecule has 0 fully saturated rings. The van der Waals surface area contributed by atoms with Crippen LogP contribution in [-0.4, -0.2) is 16.2 Å². The Morgan fingerprint density at radius 3 is 2.26 bits per heavy atom. The highest BCUT2D eigenvalue weighted by atomic mass is 19.4. The molecule has 0 aliphatic rings. The van der Waals surface area contributed by atoms with Gasteiger partial charge >= 0.3 is 12.1 Å². The summed E-state index contributed by atoms with van der Waals surface area (Å²) in [5.41, 5.74) is -0.951. The summed E-state index contributed by atoms with van der Waals surface area (Å²) in [6.07, 6.45) is -5.99. The third kappa shape index (κ3) is 3.70. The lowest BCUT2D eigenvalue weighted by atomic mass is 9.86. The average molecular weight is 276 g/mol. The molecule has 0 saturated heterocycles. The van der Waals surface area contributed by atoms with Crippen LogP contribution in [0.3, 0.4) is 0 Å². The quantitative estimate of drug-likeness (QED) is 0.888. The maximum atomic E-state index is 12.6. The van der Waals surface area contributed by atoms with Crippen molar-refractivity contribution < 1.29 is 28.2 Å². The summed E-state index contributed by atoms with van der Waals surface area (Å²) in [4.78, 5) is 11.1. The number of hydrogen-bond donors (Lipinski definition) is 2. The number of carboxylic acid groups (broad SMARTS) is 1. The first-order valence-electron chi connectivity index (χ1n) is 5.72. The number of aliphatic hydroxyl groups excluding tert-OH is 1. The Bertz CT molecular complexity index is 455. The topological polar surface area (TPSA) is 57.5 Å². The van der Waals surface area contributed by atoms with Gasteiger partial charge in [-0.05, 0) is 23.6 Å². The third-order valence-electron chi connectivity index (χ3n) is 2.90. The molecule has 0 aliphatic heterocycles. The zero-order valence-corrected chi connectivity index (χ0v) is 10.5. The van der Waals surface area contributed by atoms with E-state index in [-0.39, 0.29) is 5.56 Å². The summed E-state index contributed by atoms with van der Waals surface area (Å²) in [5.74, 6) is -2.79. The highest BCUT2D eigenvalue weighted by molar-refractivity contribution is 5.71. The van der Waals surface area contributed by atoms with Crippen molar-refractivity contribution in [3.05, 3.63) is 35.4 Å². The van der Waals surface area contributed by atoms with Gasteiger partial charge in [-0.2, -0.15) is 13.2 Å². The maximum Gasteiger partial charge on any atom is 0.416 e. The molecule has 0 aromatic heterocycles. The molecule has 1 rings (SSSR count). The van der Waals surface area contributed by atoms with Gasteiger partial charge in [0.25, 0.3) is 0 Å². The molecule has 2 N–H and O–H groups in total. The molecule has 2 atom stereocenters. The Labute approximate surface area is 108 Å². The van der Waals surface area contributed by atoms with E-state index in [1.807, 2.05) is 0 Å². The fraction of sp³-hybridized carbons (Fsp3) is 0.462. The number of aliphatic hydroxyl groups is 1. The molecule has 0 bridgehead atoms. The first-order valence-corrected chi connectivity index (χ1v) is 5.72. The van der Waals surface area contributed by atoms with E-state index in [2.05, 4.69) is 0 Å². The number of aliphatic carboxylic acids is 1. The van der Waals surface area contributed by atoms with Crippen LogP contribution < -0.4 is 0 Å². The van der Waals surface area contributed by atoms with Crippen molar-refractivity contribution in [2.24, 2.45) is 11.8 Å². The number of rotatable bonds is 4. The van der Waals surface area contributed by atoms with E-state index in [0.29, 0.717) is 0 Å². The maximum absolute atomic E-state index is 12.6. The molecule has 0 spiro atoms. The van der Waals surface area contributed by atoms with E-state index in [4.69, 9.17) is 5.11 Å². The van der Waals surface area contributed by atoms with E-state index in [1.54, 1.807) is 13.8 Å². The molecule has 0 saturated carbocycles. The number of alkyl halides is 3. The van der Waals surface area contributed by atoms with E-state index in [0.717, 1.165) is 18.2 Å². The van der Waals surface area contributed by atoms with E-state index in [9.17, 15) is 23.1 Å². The summed E-state index contributed by atoms with van der Waals surface area (Å²) in [7, 11) is 0. The summed E-state index contributed by atoms with van der Waals surface area (Å²) in [6.45, 7) is 3.19. The molecule has 0 heterocycles. The monoisotopic (exact) mass is 276 g/mol. The number of halogens is 3. The van der Waals surface area contributed by atoms with Crippen molar-refractivity contribution in [3.8, 4) is 0 Å². The highest BCUT2D eigenvalue weighted by Gasteiger charge is 2.34. The van der Waals surface area contributed by atoms with Gasteiger partial charge < -0.3 is 10.2 Å². The minimum absolute atomic E-state index is 0.0454. The normalized spacial score (nSPS) is 15.3. The highest BCUT2D eigenvalue weighted by Crippen LogP contribution is 2.33. The van der Waals surface area contributed by atoms with Gasteiger partial charge in [-0.25, -0.2) is 0 Å². The van der Waals surface area contributed by atoms with Crippen molar-refractivity contribution >= 4 is 5.97 Å². The SMILES string of the molecule is CC(C)C(C(=O)O)C(O)c1cccc(C(F)(F)F)c1. The average Bonchev–Trinajstić information content (AvgIpc) is 2.27. The molecule has 19 heavy (non-hydrogen) atoms. The van der Waals surface area contributed by atoms with Crippen molar-refractivity contribution in [1.82, 2.24) is 0 Å². The van der Waals surface area contributed by atoms with Crippen molar-refractivity contribution in [2.45, 2.75) is 26.1 Å². The molecule has 3 nitrogen and oxygen atoms in total. The van der Waals surface area contributed by atoms with Gasteiger partial charge in [0.1, 0.15) is 0 Å². The summed E-state index contributed by atoms with van der Waals surface area (Å²) in [5, 5.41) is 19.0. The zero-order chi connectivity index (χ0) is 14.8. The van der Waals surface area contributed by atoms with Crippen molar-refractivity contribution in [3.63, 3.8) is 0 Å². The molecular formula is C13H15F3O3. The van der Waals surface area contributed by atoms with Crippen LogP contribution in [-0.2, 0) is 11.0 Å². The second kappa shape index (κ2) is 5.61. The molecule has 0 amide bonds. The van der Waals surface area contributed by atoms with Gasteiger partial charge in [0, 0.05) is 0 Å². The Balaban J connectivity index is 3.12. The van der Waals surface area contributed by atoms with Gasteiger partial charge in [0.15, 0.2) is 0 Å². The van der Waals surface area contributed by atoms with Crippen molar-refractivity contribution in [2.75, 3.05) is 0 Å². The van der Waals surface area contributed by atoms with E-state index < -0.39 is 35.6 Å². The lowest BCUT2D eigenvalue weighted by Gasteiger charge is -2.23. The minimum atomic E-state index is -4.52. The van der Waals surface area contributed by atoms with Crippen LogP contribution in [0.15, 0.2) is 24.3 Å². The van der Waals surface area contributed by atoms with Crippen LogP contribution in [0.1, 0.15) is 31.1 Å². The first-order chi connectivity index (χ1) is 8.64. The Morgan fingerprint density at radius 2 is 1.84 bits per heavy atom. The van der Waals surface area contributed by atoms with Gasteiger partial charge in [-0.1, -0.05) is 26.0 Å². The summed E-state index contributed by atoms with van der Waals surface area (Å²) in [6, 6.07) is 4.10. The van der Waals surface area contributed by atoms with Gasteiger partial charge in [-0.3, -0.25) is 4.79 Å². The molecule has 0 radical (unpaired) electrons. The van der Waals surface area contributed by atoms with Crippen LogP contribution >= 0.6 is 0 Å². The first kappa shape index (κ1) is 15.5. The standard InChI is InChI=1S/C13H15F3O3/c1-7(2)10(12(18)19)11(17)8-4-3-5-9(6-8)13(14,15)16/h3-7,10-11,17H,1-2H3,(H,18,19). The molecule has 1 aromatic rings. The van der Waals surface area contributed by atoms with Crippen LogP contribution in [0, 0.1) is 11.8 Å². The van der Waals surface area contributed by atoms with Crippen LogP contribution in [0.5, 0.6) is 0 Å². The fourth-order valence-corrected chi connectivity index (χ4v) is 1.89. The number of hydrogen-bond acceptors (Lipinski definition) is 2. The lowest BCUT2D eigenvalue weighted by Crippen LogP contribution is -2.27. The molecule has 2 unspecified atom stereocenters. The Kier molecular flexibility index (Phi) is 4.57. The van der Waals surface area contributed by atoms with Crippen LogP contribution in [0.2, 0.25) is 0 Å². The predicted molar refractivity (Wildman–Crippen MR) is 62.4 cm³/mol. The van der Waals surface area contributed by atoms with Gasteiger partial charge in [-0.15, -0.1) is 0 Å². The Hall–Kier alpha value is -1.56. The summed E-state index contributed by atoms with van der Waals surface area (Å²) >= 11 is 0. The molecule has 6 heteroatoms. The van der Waals surface area contributed by atoms with Gasteiger partial charge in [0.05, 0.1) is 17.6 Å². The van der Waals surface area contributed by atoms with E-state index >= 15 is 0 Å². The largest absolute Gasteiger partial charge is 0.481 e. The predicted octanol–water partition coefficient (Wildman–Crippen LogP) is 3.10. The van der Waals surface area contributed by atoms with Crippen molar-refractivity contribution in [1.29, 1.82) is 0 Å². The third-order valence-corrected chi connectivity index (χ3v) is 2.90.